The fraction of sp³-hybridized carbons (Fsp3) is 0.588. The first-order valence-electron chi connectivity index (χ1n) is 8.17. The lowest BCUT2D eigenvalue weighted by atomic mass is 10.1. The van der Waals surface area contributed by atoms with Crippen molar-refractivity contribution < 1.29 is 12.8 Å². The van der Waals surface area contributed by atoms with Gasteiger partial charge in [-0.1, -0.05) is 22.0 Å². The molecule has 0 amide bonds. The first-order chi connectivity index (χ1) is 11.6. The van der Waals surface area contributed by atoms with E-state index in [0.29, 0.717) is 31.0 Å². The standard InChI is InChI=1S/C17H27BrFN3O2S/c1-17(2,3)25(23,24)11-10-22-16(20-4)21-9-5-6-13-7-8-14(18)12-15(13)19/h7-8,12H,5-6,9-11H2,1-4H3,(H2,20,21,22). The Hall–Kier alpha value is -1.15. The number of aliphatic imine (C=N–C) groups is 1. The predicted octanol–water partition coefficient (Wildman–Crippen LogP) is 2.90. The normalized spacial score (nSPS) is 13.0. The second-order valence-electron chi connectivity index (χ2n) is 6.70. The Balaban J connectivity index is 2.35. The number of aryl methyl sites for hydroxylation is 1. The van der Waals surface area contributed by atoms with E-state index in [0.717, 1.165) is 10.9 Å². The highest BCUT2D eigenvalue weighted by molar-refractivity contribution is 9.10. The van der Waals surface area contributed by atoms with Crippen molar-refractivity contribution in [2.75, 3.05) is 25.9 Å². The SMILES string of the molecule is CN=C(NCCCc1ccc(Br)cc1F)NCCS(=O)(=O)C(C)(C)C. The second kappa shape index (κ2) is 9.52. The van der Waals surface area contributed by atoms with E-state index in [9.17, 15) is 12.8 Å². The van der Waals surface area contributed by atoms with E-state index in [2.05, 4.69) is 31.6 Å². The molecule has 0 atom stereocenters. The highest BCUT2D eigenvalue weighted by Crippen LogP contribution is 2.16. The highest BCUT2D eigenvalue weighted by Gasteiger charge is 2.28. The van der Waals surface area contributed by atoms with Crippen molar-refractivity contribution in [3.63, 3.8) is 0 Å². The molecule has 0 aromatic heterocycles. The molecular weight excluding hydrogens is 409 g/mol. The third-order valence-corrected chi connectivity index (χ3v) is 6.85. The van der Waals surface area contributed by atoms with Crippen molar-refractivity contribution in [2.24, 2.45) is 4.99 Å². The lowest BCUT2D eigenvalue weighted by Crippen LogP contribution is -2.42. The molecule has 0 aliphatic carbocycles. The Bertz CT molecular complexity index is 700. The molecule has 0 radical (unpaired) electrons. The van der Waals surface area contributed by atoms with Crippen LogP contribution in [0.4, 0.5) is 4.39 Å². The zero-order valence-corrected chi connectivity index (χ0v) is 17.6. The van der Waals surface area contributed by atoms with Gasteiger partial charge < -0.3 is 10.6 Å². The predicted molar refractivity (Wildman–Crippen MR) is 105 cm³/mol. The van der Waals surface area contributed by atoms with Crippen molar-refractivity contribution in [1.82, 2.24) is 10.6 Å². The van der Waals surface area contributed by atoms with Gasteiger partial charge in [0.25, 0.3) is 0 Å². The van der Waals surface area contributed by atoms with Crippen molar-refractivity contribution in [3.05, 3.63) is 34.1 Å². The van der Waals surface area contributed by atoms with Crippen molar-refractivity contribution in [1.29, 1.82) is 0 Å². The van der Waals surface area contributed by atoms with Gasteiger partial charge in [0, 0.05) is 24.6 Å². The molecule has 1 aromatic rings. The molecule has 142 valence electrons. The summed E-state index contributed by atoms with van der Waals surface area (Å²) in [5.41, 5.74) is 0.671. The van der Waals surface area contributed by atoms with Crippen LogP contribution in [0.25, 0.3) is 0 Å². The minimum Gasteiger partial charge on any atom is -0.356 e. The van der Waals surface area contributed by atoms with Gasteiger partial charge in [-0.3, -0.25) is 4.99 Å². The van der Waals surface area contributed by atoms with Crippen LogP contribution >= 0.6 is 15.9 Å². The molecule has 0 bridgehead atoms. The van der Waals surface area contributed by atoms with Gasteiger partial charge in [-0.15, -0.1) is 0 Å². The van der Waals surface area contributed by atoms with Crippen LogP contribution in [0.1, 0.15) is 32.8 Å². The van der Waals surface area contributed by atoms with Crippen LogP contribution < -0.4 is 10.6 Å². The molecule has 0 spiro atoms. The molecule has 0 aliphatic rings. The molecule has 0 unspecified atom stereocenters. The summed E-state index contributed by atoms with van der Waals surface area (Å²) in [6.45, 7) is 5.98. The maximum atomic E-state index is 13.7. The van der Waals surface area contributed by atoms with Gasteiger partial charge in [0.1, 0.15) is 5.82 Å². The second-order valence-corrected chi connectivity index (χ2v) is 10.5. The first kappa shape index (κ1) is 21.9. The average molecular weight is 436 g/mol. The minimum atomic E-state index is -3.16. The van der Waals surface area contributed by atoms with Gasteiger partial charge in [0.2, 0.25) is 0 Å². The van der Waals surface area contributed by atoms with E-state index in [-0.39, 0.29) is 11.6 Å². The molecule has 0 saturated carbocycles. The Labute approximate surface area is 158 Å². The summed E-state index contributed by atoms with van der Waals surface area (Å²) in [6, 6.07) is 5.05. The van der Waals surface area contributed by atoms with E-state index in [1.807, 2.05) is 6.07 Å². The molecule has 0 saturated heterocycles. The maximum absolute atomic E-state index is 13.7. The van der Waals surface area contributed by atoms with Crippen LogP contribution in [0.3, 0.4) is 0 Å². The van der Waals surface area contributed by atoms with Gasteiger partial charge in [0.15, 0.2) is 15.8 Å². The van der Waals surface area contributed by atoms with Gasteiger partial charge in [-0.2, -0.15) is 0 Å². The van der Waals surface area contributed by atoms with Crippen molar-refractivity contribution >= 4 is 31.7 Å². The Kier molecular flexibility index (Phi) is 8.34. The van der Waals surface area contributed by atoms with Crippen LogP contribution in [0.15, 0.2) is 27.7 Å². The van der Waals surface area contributed by atoms with Gasteiger partial charge in [0.05, 0.1) is 10.5 Å². The number of guanidine groups is 1. The zero-order chi connectivity index (χ0) is 19.1. The molecule has 0 heterocycles. The molecule has 2 N–H and O–H groups in total. The molecule has 5 nitrogen and oxygen atoms in total. The topological polar surface area (TPSA) is 70.6 Å². The van der Waals surface area contributed by atoms with Crippen LogP contribution in [0.2, 0.25) is 0 Å². The summed E-state index contributed by atoms with van der Waals surface area (Å²) < 4.78 is 37.8. The fourth-order valence-electron chi connectivity index (χ4n) is 2.04. The van der Waals surface area contributed by atoms with Gasteiger partial charge in [-0.25, -0.2) is 12.8 Å². The van der Waals surface area contributed by atoms with E-state index in [1.54, 1.807) is 33.9 Å². The summed E-state index contributed by atoms with van der Waals surface area (Å²) in [7, 11) is -1.53. The number of halogens is 2. The van der Waals surface area contributed by atoms with Crippen molar-refractivity contribution in [3.8, 4) is 0 Å². The largest absolute Gasteiger partial charge is 0.356 e. The summed E-state index contributed by atoms with van der Waals surface area (Å²) in [5, 5.41) is 6.10. The quantitative estimate of drug-likeness (QED) is 0.392. The van der Waals surface area contributed by atoms with Crippen LogP contribution in [0.5, 0.6) is 0 Å². The summed E-state index contributed by atoms with van der Waals surface area (Å²) >= 11 is 3.24. The van der Waals surface area contributed by atoms with E-state index in [1.165, 1.54) is 6.07 Å². The number of nitrogens with zero attached hydrogens (tertiary/aromatic N) is 1. The number of sulfone groups is 1. The fourth-order valence-corrected chi connectivity index (χ4v) is 3.36. The van der Waals surface area contributed by atoms with Gasteiger partial charge >= 0.3 is 0 Å². The van der Waals surface area contributed by atoms with Gasteiger partial charge in [-0.05, 0) is 51.3 Å². The van der Waals surface area contributed by atoms with E-state index in [4.69, 9.17) is 0 Å². The highest BCUT2D eigenvalue weighted by atomic mass is 79.9. The molecule has 0 fully saturated rings. The summed E-state index contributed by atoms with van der Waals surface area (Å²) in [4.78, 5) is 4.06. The lowest BCUT2D eigenvalue weighted by molar-refractivity contribution is 0.559. The summed E-state index contributed by atoms with van der Waals surface area (Å²) in [6.07, 6.45) is 1.35. The lowest BCUT2D eigenvalue weighted by Gasteiger charge is -2.19. The summed E-state index contributed by atoms with van der Waals surface area (Å²) in [5.74, 6) is 0.367. The Morgan fingerprint density at radius 1 is 1.24 bits per heavy atom. The number of nitrogens with one attached hydrogen (secondary N) is 2. The number of rotatable bonds is 7. The molecule has 8 heteroatoms. The Morgan fingerprint density at radius 3 is 2.44 bits per heavy atom. The molecule has 1 aromatic carbocycles. The average Bonchev–Trinajstić information content (AvgIpc) is 2.50. The zero-order valence-electron chi connectivity index (χ0n) is 15.2. The minimum absolute atomic E-state index is 0.0430. The number of benzene rings is 1. The Morgan fingerprint density at radius 2 is 1.88 bits per heavy atom. The van der Waals surface area contributed by atoms with E-state index >= 15 is 0 Å². The molecule has 1 rings (SSSR count). The molecule has 25 heavy (non-hydrogen) atoms. The van der Waals surface area contributed by atoms with E-state index < -0.39 is 14.6 Å². The monoisotopic (exact) mass is 435 g/mol. The molecule has 0 aliphatic heterocycles. The number of hydrogen-bond acceptors (Lipinski definition) is 3. The third kappa shape index (κ3) is 7.32. The maximum Gasteiger partial charge on any atom is 0.191 e. The smallest absolute Gasteiger partial charge is 0.191 e. The van der Waals surface area contributed by atoms with Crippen LogP contribution in [-0.4, -0.2) is 45.0 Å². The van der Waals surface area contributed by atoms with Crippen molar-refractivity contribution in [2.45, 2.75) is 38.4 Å². The molecular formula is C17H27BrFN3O2S. The first-order valence-corrected chi connectivity index (χ1v) is 10.6. The van der Waals surface area contributed by atoms with Crippen LogP contribution in [0, 0.1) is 5.82 Å². The third-order valence-electron chi connectivity index (χ3n) is 3.75. The van der Waals surface area contributed by atoms with Crippen LogP contribution in [-0.2, 0) is 16.3 Å². The number of hydrogen-bond donors (Lipinski definition) is 2.